The molecule has 0 amide bonds. The first-order valence-electron chi connectivity index (χ1n) is 6.36. The van der Waals surface area contributed by atoms with Crippen molar-refractivity contribution in [1.82, 2.24) is 9.97 Å². The zero-order valence-corrected chi connectivity index (χ0v) is 12.1. The Labute approximate surface area is 122 Å². The van der Waals surface area contributed by atoms with Gasteiger partial charge in [-0.3, -0.25) is 0 Å². The first kappa shape index (κ1) is 14.4. The van der Waals surface area contributed by atoms with E-state index in [4.69, 9.17) is 17.5 Å². The van der Waals surface area contributed by atoms with Crippen LogP contribution in [0.2, 0.25) is 0 Å². The molecule has 0 aliphatic rings. The third-order valence-electron chi connectivity index (χ3n) is 3.00. The van der Waals surface area contributed by atoms with Gasteiger partial charge in [-0.05, 0) is 31.5 Å². The minimum Gasteiger partial charge on any atom is -0.343 e. The number of benzene rings is 1. The van der Waals surface area contributed by atoms with Gasteiger partial charge in [0.05, 0.1) is 17.3 Å². The summed E-state index contributed by atoms with van der Waals surface area (Å²) in [4.78, 5) is 7.51. The lowest BCUT2D eigenvalue weighted by molar-refractivity contribution is 0.627. The normalized spacial score (nSPS) is 10.3. The number of H-pyrrole nitrogens is 1. The van der Waals surface area contributed by atoms with Gasteiger partial charge in [-0.25, -0.2) is 9.37 Å². The van der Waals surface area contributed by atoms with Crippen LogP contribution in [-0.4, -0.2) is 9.97 Å². The van der Waals surface area contributed by atoms with Crippen molar-refractivity contribution in [1.29, 1.82) is 5.26 Å². The lowest BCUT2D eigenvalue weighted by Gasteiger charge is -2.10. The van der Waals surface area contributed by atoms with Gasteiger partial charge in [0.15, 0.2) is 0 Å². The fourth-order valence-electron chi connectivity index (χ4n) is 2.02. The van der Waals surface area contributed by atoms with Crippen LogP contribution in [0.3, 0.4) is 0 Å². The molecule has 0 radical (unpaired) electrons. The molecule has 0 spiro atoms. The van der Waals surface area contributed by atoms with Crippen molar-refractivity contribution >= 4 is 12.2 Å². The molecule has 1 heterocycles. The highest BCUT2D eigenvalue weighted by molar-refractivity contribution is 7.71. The molecule has 0 unspecified atom stereocenters. The van der Waals surface area contributed by atoms with Crippen molar-refractivity contribution < 1.29 is 4.39 Å². The second kappa shape index (κ2) is 5.93. The maximum atomic E-state index is 13.6. The molecule has 0 saturated heterocycles. The number of hydrogen-bond donors (Lipinski definition) is 1. The predicted molar refractivity (Wildman–Crippen MR) is 78.3 cm³/mol. The Bertz CT molecular complexity index is 744. The number of aryl methyl sites for hydroxylation is 1. The predicted octanol–water partition coefficient (Wildman–Crippen LogP) is 4.08. The Balaban J connectivity index is 2.66. The van der Waals surface area contributed by atoms with Crippen molar-refractivity contribution in [3.63, 3.8) is 0 Å². The molecule has 1 aromatic carbocycles. The van der Waals surface area contributed by atoms with E-state index < -0.39 is 5.82 Å². The molecule has 5 heteroatoms. The van der Waals surface area contributed by atoms with Gasteiger partial charge in [-0.2, -0.15) is 5.26 Å². The third-order valence-corrected chi connectivity index (χ3v) is 3.40. The standard InChI is InChI=1S/C15H14FN3S/c1-3-4-13-18-14(9(2)15(20)19-13)11-5-10(8-17)6-12(16)7-11/h5-7H,3-4H2,1-2H3,(H,18,19,20). The minimum absolute atomic E-state index is 0.285. The fraction of sp³-hybridized carbons (Fsp3) is 0.267. The van der Waals surface area contributed by atoms with E-state index in [0.29, 0.717) is 10.2 Å². The molecule has 0 saturated carbocycles. The third kappa shape index (κ3) is 2.91. The summed E-state index contributed by atoms with van der Waals surface area (Å²) in [7, 11) is 0. The van der Waals surface area contributed by atoms with E-state index in [2.05, 4.69) is 9.97 Å². The van der Waals surface area contributed by atoms with Crippen LogP contribution < -0.4 is 0 Å². The van der Waals surface area contributed by atoms with Crippen molar-refractivity contribution in [2.75, 3.05) is 0 Å². The Morgan fingerprint density at radius 1 is 1.40 bits per heavy atom. The van der Waals surface area contributed by atoms with Gasteiger partial charge in [0, 0.05) is 17.5 Å². The number of rotatable bonds is 3. The maximum Gasteiger partial charge on any atom is 0.133 e. The molecular formula is C15H14FN3S. The molecule has 1 aromatic heterocycles. The van der Waals surface area contributed by atoms with Gasteiger partial charge in [0.25, 0.3) is 0 Å². The van der Waals surface area contributed by atoms with Gasteiger partial charge < -0.3 is 4.98 Å². The number of hydrogen-bond acceptors (Lipinski definition) is 3. The SMILES string of the molecule is CCCc1nc(=S)c(C)c(-c2cc(F)cc(C#N)c2)[nH]1. The average molecular weight is 287 g/mol. The minimum atomic E-state index is -0.438. The summed E-state index contributed by atoms with van der Waals surface area (Å²) in [6.07, 6.45) is 1.71. The number of nitrogens with one attached hydrogen (secondary N) is 1. The maximum absolute atomic E-state index is 13.6. The molecule has 2 aromatic rings. The van der Waals surface area contributed by atoms with Crippen LogP contribution in [0.4, 0.5) is 4.39 Å². The van der Waals surface area contributed by atoms with Gasteiger partial charge in [-0.15, -0.1) is 0 Å². The van der Waals surface area contributed by atoms with E-state index in [0.717, 1.165) is 29.9 Å². The van der Waals surface area contributed by atoms with Gasteiger partial charge in [0.1, 0.15) is 16.3 Å². The number of nitrogens with zero attached hydrogens (tertiary/aromatic N) is 2. The summed E-state index contributed by atoms with van der Waals surface area (Å²) in [5.74, 6) is 0.340. The summed E-state index contributed by atoms with van der Waals surface area (Å²) in [5, 5.41) is 8.94. The van der Waals surface area contributed by atoms with Crippen LogP contribution in [0.25, 0.3) is 11.3 Å². The number of aromatic nitrogens is 2. The summed E-state index contributed by atoms with van der Waals surface area (Å²) >= 11 is 5.25. The molecule has 0 bridgehead atoms. The van der Waals surface area contributed by atoms with Crippen molar-refractivity contribution in [3.8, 4) is 17.3 Å². The van der Waals surface area contributed by atoms with Crippen LogP contribution in [0.5, 0.6) is 0 Å². The highest BCUT2D eigenvalue weighted by atomic mass is 32.1. The molecule has 0 aliphatic heterocycles. The lowest BCUT2D eigenvalue weighted by Crippen LogP contribution is -2.01. The fourth-order valence-corrected chi connectivity index (χ4v) is 2.23. The van der Waals surface area contributed by atoms with Crippen LogP contribution >= 0.6 is 12.2 Å². The van der Waals surface area contributed by atoms with Crippen LogP contribution in [0.1, 0.15) is 30.3 Å². The summed E-state index contributed by atoms with van der Waals surface area (Å²) in [6.45, 7) is 3.89. The Kier molecular flexibility index (Phi) is 4.26. The van der Waals surface area contributed by atoms with Crippen molar-refractivity contribution in [3.05, 3.63) is 45.6 Å². The topological polar surface area (TPSA) is 52.5 Å². The van der Waals surface area contributed by atoms with E-state index in [1.54, 1.807) is 6.07 Å². The second-order valence-corrected chi connectivity index (χ2v) is 4.97. The molecule has 1 N–H and O–H groups in total. The van der Waals surface area contributed by atoms with Gasteiger partial charge >= 0.3 is 0 Å². The van der Waals surface area contributed by atoms with Gasteiger partial charge in [-0.1, -0.05) is 19.1 Å². The number of aromatic amines is 1. The molecule has 3 nitrogen and oxygen atoms in total. The highest BCUT2D eigenvalue weighted by Gasteiger charge is 2.09. The monoisotopic (exact) mass is 287 g/mol. The average Bonchev–Trinajstić information content (AvgIpc) is 2.42. The molecule has 0 atom stereocenters. The van der Waals surface area contributed by atoms with E-state index in [-0.39, 0.29) is 5.56 Å². The van der Waals surface area contributed by atoms with E-state index in [9.17, 15) is 4.39 Å². The molecular weight excluding hydrogens is 273 g/mol. The molecule has 0 fully saturated rings. The molecule has 0 aliphatic carbocycles. The van der Waals surface area contributed by atoms with Crippen LogP contribution in [-0.2, 0) is 6.42 Å². The zero-order chi connectivity index (χ0) is 14.7. The van der Waals surface area contributed by atoms with E-state index in [1.165, 1.54) is 12.1 Å². The molecule has 20 heavy (non-hydrogen) atoms. The van der Waals surface area contributed by atoms with Crippen molar-refractivity contribution in [2.45, 2.75) is 26.7 Å². The summed E-state index contributed by atoms with van der Waals surface area (Å²) in [5.41, 5.74) is 2.41. The summed E-state index contributed by atoms with van der Waals surface area (Å²) < 4.78 is 14.1. The first-order valence-corrected chi connectivity index (χ1v) is 6.76. The highest BCUT2D eigenvalue weighted by Crippen LogP contribution is 2.24. The molecule has 102 valence electrons. The Morgan fingerprint density at radius 2 is 2.15 bits per heavy atom. The first-order chi connectivity index (χ1) is 9.55. The molecule has 2 rings (SSSR count). The Hall–Kier alpha value is -2.06. The number of halogens is 1. The quantitative estimate of drug-likeness (QED) is 0.865. The van der Waals surface area contributed by atoms with Crippen LogP contribution in [0.15, 0.2) is 18.2 Å². The number of nitriles is 1. The smallest absolute Gasteiger partial charge is 0.133 e. The van der Waals surface area contributed by atoms with Crippen molar-refractivity contribution in [2.24, 2.45) is 0 Å². The summed E-state index contributed by atoms with van der Waals surface area (Å²) in [6, 6.07) is 6.20. The van der Waals surface area contributed by atoms with Gasteiger partial charge in [0.2, 0.25) is 0 Å². The second-order valence-electron chi connectivity index (χ2n) is 4.58. The van der Waals surface area contributed by atoms with E-state index in [1.807, 2.05) is 19.9 Å². The zero-order valence-electron chi connectivity index (χ0n) is 11.3. The lowest BCUT2D eigenvalue weighted by atomic mass is 10.0. The van der Waals surface area contributed by atoms with Crippen LogP contribution in [0, 0.1) is 28.7 Å². The van der Waals surface area contributed by atoms with E-state index >= 15 is 0 Å². The Morgan fingerprint density at radius 3 is 2.80 bits per heavy atom. The largest absolute Gasteiger partial charge is 0.343 e.